The van der Waals surface area contributed by atoms with E-state index in [9.17, 15) is 4.79 Å². The molecule has 3 nitrogen and oxygen atoms in total. The van der Waals surface area contributed by atoms with Gasteiger partial charge in [-0.3, -0.25) is 4.79 Å². The van der Waals surface area contributed by atoms with Crippen molar-refractivity contribution < 1.29 is 4.79 Å². The van der Waals surface area contributed by atoms with Gasteiger partial charge in [0.25, 0.3) is 5.91 Å². The van der Waals surface area contributed by atoms with E-state index in [0.29, 0.717) is 5.56 Å². The van der Waals surface area contributed by atoms with Gasteiger partial charge >= 0.3 is 0 Å². The van der Waals surface area contributed by atoms with Crippen molar-refractivity contribution in [2.24, 2.45) is 0 Å². The molecule has 0 saturated heterocycles. The van der Waals surface area contributed by atoms with E-state index in [0.717, 1.165) is 16.8 Å². The summed E-state index contributed by atoms with van der Waals surface area (Å²) in [4.78, 5) is 16.0. The molecule has 2 aromatic rings. The highest BCUT2D eigenvalue weighted by molar-refractivity contribution is 6.33. The lowest BCUT2D eigenvalue weighted by molar-refractivity contribution is 0.102. The Morgan fingerprint density at radius 2 is 1.83 bits per heavy atom. The molecule has 0 saturated carbocycles. The average Bonchev–Trinajstić information content (AvgIpc) is 2.34. The Balaban J connectivity index is 2.30. The molecule has 0 fully saturated rings. The molecule has 0 atom stereocenters. The Kier molecular flexibility index (Phi) is 3.63. The molecular formula is C14H13ClN2O. The zero-order valence-electron chi connectivity index (χ0n) is 10.2. The van der Waals surface area contributed by atoms with Crippen LogP contribution >= 0.6 is 11.6 Å². The summed E-state index contributed by atoms with van der Waals surface area (Å²) in [7, 11) is 0. The van der Waals surface area contributed by atoms with Crippen LogP contribution in [0.3, 0.4) is 0 Å². The number of aromatic nitrogens is 1. The Bertz CT molecular complexity index is 576. The second-order valence-electron chi connectivity index (χ2n) is 4.06. The standard InChI is InChI=1S/C14H13ClN2O/c1-9-5-3-6-10(2)12(9)17-14(18)11-7-4-8-16-13(11)15/h3-8H,1-2H3,(H,17,18). The summed E-state index contributed by atoms with van der Waals surface area (Å²) < 4.78 is 0. The number of halogens is 1. The summed E-state index contributed by atoms with van der Waals surface area (Å²) in [6.45, 7) is 3.90. The van der Waals surface area contributed by atoms with Crippen LogP contribution in [0.25, 0.3) is 0 Å². The Labute approximate surface area is 111 Å². The fourth-order valence-electron chi connectivity index (χ4n) is 1.75. The summed E-state index contributed by atoms with van der Waals surface area (Å²) >= 11 is 5.89. The quantitative estimate of drug-likeness (QED) is 0.839. The molecule has 2 rings (SSSR count). The van der Waals surface area contributed by atoms with Crippen LogP contribution in [0.2, 0.25) is 5.15 Å². The van der Waals surface area contributed by atoms with Crippen molar-refractivity contribution in [1.29, 1.82) is 0 Å². The van der Waals surface area contributed by atoms with Crippen molar-refractivity contribution in [2.45, 2.75) is 13.8 Å². The summed E-state index contributed by atoms with van der Waals surface area (Å²) in [6.07, 6.45) is 1.55. The van der Waals surface area contributed by atoms with Gasteiger partial charge in [0.05, 0.1) is 5.56 Å². The van der Waals surface area contributed by atoms with E-state index in [2.05, 4.69) is 10.3 Å². The summed E-state index contributed by atoms with van der Waals surface area (Å²) in [5.41, 5.74) is 3.23. The molecule has 1 heterocycles. The maximum absolute atomic E-state index is 12.1. The first-order valence-electron chi connectivity index (χ1n) is 5.57. The molecule has 0 aliphatic rings. The molecule has 1 aromatic carbocycles. The van der Waals surface area contributed by atoms with E-state index in [1.807, 2.05) is 32.0 Å². The number of amides is 1. The number of rotatable bonds is 2. The zero-order chi connectivity index (χ0) is 13.1. The molecule has 1 N–H and O–H groups in total. The van der Waals surface area contributed by atoms with Gasteiger partial charge in [0, 0.05) is 11.9 Å². The normalized spacial score (nSPS) is 10.2. The van der Waals surface area contributed by atoms with Crippen molar-refractivity contribution >= 4 is 23.2 Å². The molecule has 0 aliphatic heterocycles. The fraction of sp³-hybridized carbons (Fsp3) is 0.143. The molecular weight excluding hydrogens is 248 g/mol. The van der Waals surface area contributed by atoms with Crippen molar-refractivity contribution in [3.8, 4) is 0 Å². The number of para-hydroxylation sites is 1. The first-order valence-corrected chi connectivity index (χ1v) is 5.95. The maximum atomic E-state index is 12.1. The predicted molar refractivity (Wildman–Crippen MR) is 73.1 cm³/mol. The van der Waals surface area contributed by atoms with Crippen LogP contribution in [0.5, 0.6) is 0 Å². The SMILES string of the molecule is Cc1cccc(C)c1NC(=O)c1cccnc1Cl. The average molecular weight is 261 g/mol. The van der Waals surface area contributed by atoms with E-state index in [1.54, 1.807) is 18.3 Å². The third-order valence-electron chi connectivity index (χ3n) is 2.72. The lowest BCUT2D eigenvalue weighted by atomic mass is 10.1. The van der Waals surface area contributed by atoms with E-state index in [1.165, 1.54) is 0 Å². The third kappa shape index (κ3) is 2.51. The lowest BCUT2D eigenvalue weighted by Crippen LogP contribution is -2.14. The number of aryl methyl sites for hydroxylation is 2. The monoisotopic (exact) mass is 260 g/mol. The van der Waals surface area contributed by atoms with Gasteiger partial charge in [0.1, 0.15) is 5.15 Å². The fourth-order valence-corrected chi connectivity index (χ4v) is 1.95. The Hall–Kier alpha value is -1.87. The van der Waals surface area contributed by atoms with Crippen molar-refractivity contribution in [3.05, 3.63) is 58.4 Å². The molecule has 0 bridgehead atoms. The zero-order valence-corrected chi connectivity index (χ0v) is 11.0. The van der Waals surface area contributed by atoms with E-state index < -0.39 is 0 Å². The number of carbonyl (C=O) groups is 1. The van der Waals surface area contributed by atoms with Crippen LogP contribution in [-0.2, 0) is 0 Å². The van der Waals surface area contributed by atoms with Gasteiger partial charge in [-0.2, -0.15) is 0 Å². The van der Waals surface area contributed by atoms with Gasteiger partial charge in [0.2, 0.25) is 0 Å². The minimum atomic E-state index is -0.245. The predicted octanol–water partition coefficient (Wildman–Crippen LogP) is 3.60. The highest BCUT2D eigenvalue weighted by Gasteiger charge is 2.12. The van der Waals surface area contributed by atoms with Gasteiger partial charge < -0.3 is 5.32 Å². The number of benzene rings is 1. The molecule has 1 amide bonds. The number of anilines is 1. The highest BCUT2D eigenvalue weighted by Crippen LogP contribution is 2.21. The van der Waals surface area contributed by atoms with Crippen LogP contribution in [0.15, 0.2) is 36.5 Å². The van der Waals surface area contributed by atoms with Crippen LogP contribution in [0.1, 0.15) is 21.5 Å². The number of carbonyl (C=O) groups excluding carboxylic acids is 1. The number of hydrogen-bond donors (Lipinski definition) is 1. The van der Waals surface area contributed by atoms with Crippen LogP contribution in [0, 0.1) is 13.8 Å². The van der Waals surface area contributed by atoms with Gasteiger partial charge in [-0.1, -0.05) is 29.8 Å². The third-order valence-corrected chi connectivity index (χ3v) is 3.02. The molecule has 18 heavy (non-hydrogen) atoms. The van der Waals surface area contributed by atoms with Crippen LogP contribution in [0.4, 0.5) is 5.69 Å². The van der Waals surface area contributed by atoms with Crippen molar-refractivity contribution in [2.75, 3.05) is 5.32 Å². The largest absolute Gasteiger partial charge is 0.321 e. The van der Waals surface area contributed by atoms with E-state index in [-0.39, 0.29) is 11.1 Å². The summed E-state index contributed by atoms with van der Waals surface area (Å²) in [6, 6.07) is 9.20. The number of pyridine rings is 1. The Morgan fingerprint density at radius 3 is 2.44 bits per heavy atom. The number of nitrogens with zero attached hydrogens (tertiary/aromatic N) is 1. The molecule has 92 valence electrons. The first-order chi connectivity index (χ1) is 8.59. The lowest BCUT2D eigenvalue weighted by Gasteiger charge is -2.11. The van der Waals surface area contributed by atoms with Crippen molar-refractivity contribution in [3.63, 3.8) is 0 Å². The number of nitrogens with one attached hydrogen (secondary N) is 1. The second kappa shape index (κ2) is 5.19. The minimum absolute atomic E-state index is 0.209. The summed E-state index contributed by atoms with van der Waals surface area (Å²) in [5, 5.41) is 3.08. The summed E-state index contributed by atoms with van der Waals surface area (Å²) in [5.74, 6) is -0.245. The smallest absolute Gasteiger partial charge is 0.258 e. The highest BCUT2D eigenvalue weighted by atomic mass is 35.5. The second-order valence-corrected chi connectivity index (χ2v) is 4.42. The minimum Gasteiger partial charge on any atom is -0.321 e. The maximum Gasteiger partial charge on any atom is 0.258 e. The van der Waals surface area contributed by atoms with E-state index in [4.69, 9.17) is 11.6 Å². The van der Waals surface area contributed by atoms with Gasteiger partial charge in [0.15, 0.2) is 0 Å². The molecule has 0 aliphatic carbocycles. The number of hydrogen-bond acceptors (Lipinski definition) is 2. The van der Waals surface area contributed by atoms with Gasteiger partial charge in [-0.25, -0.2) is 4.98 Å². The molecule has 0 radical (unpaired) electrons. The molecule has 4 heteroatoms. The molecule has 0 unspecified atom stereocenters. The first kappa shape index (κ1) is 12.6. The Morgan fingerprint density at radius 1 is 1.17 bits per heavy atom. The van der Waals surface area contributed by atoms with Crippen LogP contribution in [-0.4, -0.2) is 10.9 Å². The van der Waals surface area contributed by atoms with Gasteiger partial charge in [-0.15, -0.1) is 0 Å². The van der Waals surface area contributed by atoms with Crippen LogP contribution < -0.4 is 5.32 Å². The van der Waals surface area contributed by atoms with Gasteiger partial charge in [-0.05, 0) is 37.1 Å². The topological polar surface area (TPSA) is 42.0 Å². The van der Waals surface area contributed by atoms with E-state index >= 15 is 0 Å². The molecule has 1 aromatic heterocycles. The molecule has 0 spiro atoms. The van der Waals surface area contributed by atoms with Crippen molar-refractivity contribution in [1.82, 2.24) is 4.98 Å².